The first-order valence-electron chi connectivity index (χ1n) is 13.8. The number of nitrogens with zero attached hydrogens (tertiary/aromatic N) is 1. The zero-order chi connectivity index (χ0) is 34.0. The van der Waals surface area contributed by atoms with Crippen molar-refractivity contribution in [2.45, 2.75) is 27.2 Å². The Balaban J connectivity index is 0.000000254. The Labute approximate surface area is 271 Å². The van der Waals surface area contributed by atoms with E-state index < -0.39 is 39.8 Å². The third kappa shape index (κ3) is 11.0. The van der Waals surface area contributed by atoms with E-state index >= 15 is 0 Å². The summed E-state index contributed by atoms with van der Waals surface area (Å²) in [5, 5.41) is 7.83. The quantitative estimate of drug-likeness (QED) is 0.187. The summed E-state index contributed by atoms with van der Waals surface area (Å²) >= 11 is 5.90. The SMILES string of the molecule is CC(=O)Nc1ccc(Cc2ccc(NC(C)=O)cc2)cc1.Cc1ccc(Cl)cc1N(CC(=O)Nc1c(F)cccc1F)S(C)(=O)=O. The number of nitrogens with one attached hydrogen (secondary N) is 3. The van der Waals surface area contributed by atoms with Gasteiger partial charge in [0, 0.05) is 30.2 Å². The molecule has 0 heterocycles. The fourth-order valence-corrected chi connectivity index (χ4v) is 5.29. The monoisotopic (exact) mass is 670 g/mol. The van der Waals surface area contributed by atoms with Crippen LogP contribution in [0.5, 0.6) is 0 Å². The van der Waals surface area contributed by atoms with Crippen LogP contribution >= 0.6 is 11.6 Å². The molecule has 46 heavy (non-hydrogen) atoms. The van der Waals surface area contributed by atoms with Crippen molar-refractivity contribution in [3.8, 4) is 0 Å². The summed E-state index contributed by atoms with van der Waals surface area (Å²) in [6.07, 6.45) is 1.73. The van der Waals surface area contributed by atoms with E-state index in [0.29, 0.717) is 5.56 Å². The summed E-state index contributed by atoms with van der Waals surface area (Å²) in [5.74, 6) is -2.96. The molecule has 3 amide bonds. The predicted octanol–water partition coefficient (Wildman–Crippen LogP) is 6.53. The van der Waals surface area contributed by atoms with Crippen LogP contribution in [0, 0.1) is 18.6 Å². The number of aryl methyl sites for hydroxylation is 1. The van der Waals surface area contributed by atoms with Crippen LogP contribution in [0.25, 0.3) is 0 Å². The van der Waals surface area contributed by atoms with Gasteiger partial charge in [-0.05, 0) is 78.6 Å². The number of rotatable bonds is 9. The highest BCUT2D eigenvalue weighted by atomic mass is 35.5. The maximum atomic E-state index is 13.6. The first kappa shape index (κ1) is 35.7. The van der Waals surface area contributed by atoms with Gasteiger partial charge in [0.15, 0.2) is 0 Å². The lowest BCUT2D eigenvalue weighted by atomic mass is 10.0. The van der Waals surface area contributed by atoms with Crippen LogP contribution in [-0.4, -0.2) is 38.9 Å². The second-order valence-electron chi connectivity index (χ2n) is 10.3. The van der Waals surface area contributed by atoms with Crippen LogP contribution in [0.2, 0.25) is 5.02 Å². The Bertz CT molecular complexity index is 1740. The minimum atomic E-state index is -3.84. The van der Waals surface area contributed by atoms with E-state index in [9.17, 15) is 31.6 Å². The Morgan fingerprint density at radius 2 is 1.24 bits per heavy atom. The highest BCUT2D eigenvalue weighted by molar-refractivity contribution is 7.92. The molecule has 4 rings (SSSR count). The summed E-state index contributed by atoms with van der Waals surface area (Å²) in [6, 6.07) is 23.2. The Hall–Kier alpha value is -4.81. The molecule has 0 radical (unpaired) electrons. The topological polar surface area (TPSA) is 125 Å². The number of para-hydroxylation sites is 1. The van der Waals surface area contributed by atoms with Gasteiger partial charge in [-0.15, -0.1) is 0 Å². The first-order chi connectivity index (χ1) is 21.6. The van der Waals surface area contributed by atoms with Crippen molar-refractivity contribution in [3.63, 3.8) is 0 Å². The lowest BCUT2D eigenvalue weighted by Gasteiger charge is -2.24. The number of carbonyl (C=O) groups is 3. The van der Waals surface area contributed by atoms with Gasteiger partial charge in [0.2, 0.25) is 27.7 Å². The van der Waals surface area contributed by atoms with E-state index in [1.54, 1.807) is 19.1 Å². The molecule has 0 spiro atoms. The zero-order valence-corrected chi connectivity index (χ0v) is 27.1. The van der Waals surface area contributed by atoms with Crippen molar-refractivity contribution >= 4 is 62.1 Å². The van der Waals surface area contributed by atoms with Gasteiger partial charge in [-0.1, -0.05) is 48.0 Å². The number of benzene rings is 4. The summed E-state index contributed by atoms with van der Waals surface area (Å²) in [4.78, 5) is 34.1. The maximum absolute atomic E-state index is 13.6. The van der Waals surface area contributed by atoms with Gasteiger partial charge < -0.3 is 16.0 Å². The second kappa shape index (κ2) is 16.0. The molecule has 0 aliphatic heterocycles. The molecule has 0 aliphatic rings. The van der Waals surface area contributed by atoms with Crippen molar-refractivity contribution in [1.29, 1.82) is 0 Å². The van der Waals surface area contributed by atoms with E-state index in [0.717, 1.165) is 57.7 Å². The normalized spacial score (nSPS) is 10.7. The standard InChI is InChI=1S/C17H18N2O2.C16H15ClF2N2O3S/c1-12(20)18-16-7-3-14(4-8-16)11-15-5-9-17(10-6-15)19-13(2)21;1-10-6-7-11(17)8-14(10)21(25(2,23)24)9-15(22)20-16-12(18)4-3-5-13(16)19/h3-10H,11H2,1-2H3,(H,18,20)(H,19,21);3-8H,9H2,1-2H3,(H,20,22). The predicted molar refractivity (Wildman–Crippen MR) is 178 cm³/mol. The molecule has 0 fully saturated rings. The lowest BCUT2D eigenvalue weighted by molar-refractivity contribution is -0.115. The van der Waals surface area contributed by atoms with Crippen molar-refractivity contribution in [3.05, 3.63) is 118 Å². The Morgan fingerprint density at radius 3 is 1.67 bits per heavy atom. The smallest absolute Gasteiger partial charge is 0.245 e. The Kier molecular flexibility index (Phi) is 12.4. The molecule has 0 unspecified atom stereocenters. The van der Waals surface area contributed by atoms with Gasteiger partial charge in [0.1, 0.15) is 23.9 Å². The van der Waals surface area contributed by atoms with Crippen molar-refractivity contribution < 1.29 is 31.6 Å². The molecule has 0 saturated carbocycles. The fourth-order valence-electron chi connectivity index (χ4n) is 4.21. The number of anilines is 4. The maximum Gasteiger partial charge on any atom is 0.245 e. The molecule has 9 nitrogen and oxygen atoms in total. The number of hydrogen-bond donors (Lipinski definition) is 3. The number of amides is 3. The molecule has 0 bridgehead atoms. The van der Waals surface area contributed by atoms with E-state index in [-0.39, 0.29) is 22.5 Å². The minimum Gasteiger partial charge on any atom is -0.326 e. The summed E-state index contributed by atoms with van der Waals surface area (Å²) in [7, 11) is -3.84. The molecule has 4 aromatic rings. The highest BCUT2D eigenvalue weighted by Crippen LogP contribution is 2.27. The van der Waals surface area contributed by atoms with Crippen LogP contribution in [-0.2, 0) is 30.8 Å². The van der Waals surface area contributed by atoms with Crippen LogP contribution in [0.15, 0.2) is 84.9 Å². The van der Waals surface area contributed by atoms with Gasteiger partial charge in [-0.2, -0.15) is 0 Å². The van der Waals surface area contributed by atoms with Gasteiger partial charge in [-0.3, -0.25) is 18.7 Å². The first-order valence-corrected chi connectivity index (χ1v) is 16.1. The largest absolute Gasteiger partial charge is 0.326 e. The van der Waals surface area contributed by atoms with Gasteiger partial charge in [0.25, 0.3) is 0 Å². The van der Waals surface area contributed by atoms with E-state index in [1.165, 1.54) is 19.9 Å². The molecule has 13 heteroatoms. The lowest BCUT2D eigenvalue weighted by Crippen LogP contribution is -2.38. The molecule has 0 aromatic heterocycles. The Morgan fingerprint density at radius 1 is 0.761 bits per heavy atom. The second-order valence-corrected chi connectivity index (χ2v) is 12.6. The highest BCUT2D eigenvalue weighted by Gasteiger charge is 2.24. The third-order valence-corrected chi connectivity index (χ3v) is 7.67. The molecule has 3 N–H and O–H groups in total. The van der Waals surface area contributed by atoms with Crippen LogP contribution in [0.1, 0.15) is 30.5 Å². The van der Waals surface area contributed by atoms with E-state index in [4.69, 9.17) is 11.6 Å². The van der Waals surface area contributed by atoms with Crippen LogP contribution < -0.4 is 20.3 Å². The van der Waals surface area contributed by atoms with Gasteiger partial charge in [-0.25, -0.2) is 17.2 Å². The average Bonchev–Trinajstić information content (AvgIpc) is 2.96. The summed E-state index contributed by atoms with van der Waals surface area (Å²) < 4.78 is 52.2. The molecule has 0 aliphatic carbocycles. The van der Waals surface area contributed by atoms with Gasteiger partial charge in [0.05, 0.1) is 11.9 Å². The number of hydrogen-bond acceptors (Lipinski definition) is 5. The fraction of sp³-hybridized carbons (Fsp3) is 0.182. The van der Waals surface area contributed by atoms with Crippen molar-refractivity contribution in [2.75, 3.05) is 33.1 Å². The number of carbonyl (C=O) groups excluding carboxylic acids is 3. The zero-order valence-electron chi connectivity index (χ0n) is 25.5. The van der Waals surface area contributed by atoms with E-state index in [1.807, 2.05) is 48.5 Å². The molecule has 0 saturated heterocycles. The average molecular weight is 671 g/mol. The van der Waals surface area contributed by atoms with Crippen LogP contribution in [0.3, 0.4) is 0 Å². The molecule has 4 aromatic carbocycles. The molecular weight excluding hydrogens is 638 g/mol. The third-order valence-electron chi connectivity index (χ3n) is 6.31. The van der Waals surface area contributed by atoms with E-state index in [2.05, 4.69) is 16.0 Å². The molecule has 0 atom stereocenters. The van der Waals surface area contributed by atoms with Crippen molar-refractivity contribution in [1.82, 2.24) is 0 Å². The van der Waals surface area contributed by atoms with Gasteiger partial charge >= 0.3 is 0 Å². The number of halogens is 3. The molecular formula is C33H33ClF2N4O5S. The minimum absolute atomic E-state index is 0.0729. The summed E-state index contributed by atoms with van der Waals surface area (Å²) in [5.41, 5.74) is 4.06. The van der Waals surface area contributed by atoms with Crippen LogP contribution in [0.4, 0.5) is 31.5 Å². The van der Waals surface area contributed by atoms with Crippen molar-refractivity contribution in [2.24, 2.45) is 0 Å². The number of sulfonamides is 1. The molecule has 242 valence electrons. The summed E-state index contributed by atoms with van der Waals surface area (Å²) in [6.45, 7) is 3.97.